The Kier molecular flexibility index (Phi) is 4.42. The highest BCUT2D eigenvalue weighted by Crippen LogP contribution is 2.35. The zero-order chi connectivity index (χ0) is 16.4. The number of ether oxygens (including phenoxy) is 2. The molecule has 0 saturated carbocycles. The van der Waals surface area contributed by atoms with Gasteiger partial charge in [-0.2, -0.15) is 0 Å². The standard InChI is InChI=1S/C18H23NO3/c1-13-10-11-19-16(12-13)21-14-8-6-7-9-15(14)22-18(4,5)17(2,3)20/h6-12,20H,1-5H3. The monoisotopic (exact) mass is 301 g/mol. The third-order valence-corrected chi connectivity index (χ3v) is 3.79. The van der Waals surface area contributed by atoms with E-state index >= 15 is 0 Å². The van der Waals surface area contributed by atoms with Gasteiger partial charge in [0.1, 0.15) is 5.60 Å². The van der Waals surface area contributed by atoms with Gasteiger partial charge < -0.3 is 14.6 Å². The number of hydrogen-bond donors (Lipinski definition) is 1. The van der Waals surface area contributed by atoms with Crippen LogP contribution in [-0.4, -0.2) is 21.3 Å². The van der Waals surface area contributed by atoms with E-state index in [0.29, 0.717) is 17.4 Å². The fourth-order valence-corrected chi connectivity index (χ4v) is 1.70. The van der Waals surface area contributed by atoms with Crippen LogP contribution in [0.2, 0.25) is 0 Å². The van der Waals surface area contributed by atoms with E-state index in [-0.39, 0.29) is 0 Å². The molecule has 0 spiro atoms. The van der Waals surface area contributed by atoms with E-state index in [9.17, 15) is 5.11 Å². The molecule has 0 unspecified atom stereocenters. The van der Waals surface area contributed by atoms with Crippen LogP contribution >= 0.6 is 0 Å². The number of benzene rings is 1. The summed E-state index contributed by atoms with van der Waals surface area (Å²) in [5.41, 5.74) is -0.700. The summed E-state index contributed by atoms with van der Waals surface area (Å²) in [5.74, 6) is 1.65. The second-order valence-electron chi connectivity index (χ2n) is 6.39. The van der Waals surface area contributed by atoms with E-state index in [4.69, 9.17) is 9.47 Å². The lowest BCUT2D eigenvalue weighted by Gasteiger charge is -2.37. The molecule has 0 atom stereocenters. The lowest BCUT2D eigenvalue weighted by molar-refractivity contribution is -0.0912. The lowest BCUT2D eigenvalue weighted by Crippen LogP contribution is -2.49. The van der Waals surface area contributed by atoms with E-state index < -0.39 is 11.2 Å². The van der Waals surface area contributed by atoms with Gasteiger partial charge in [-0.1, -0.05) is 12.1 Å². The molecule has 0 aliphatic heterocycles. The second kappa shape index (κ2) is 5.97. The van der Waals surface area contributed by atoms with Crippen LogP contribution in [0.3, 0.4) is 0 Å². The summed E-state index contributed by atoms with van der Waals surface area (Å²) >= 11 is 0. The van der Waals surface area contributed by atoms with E-state index in [1.54, 1.807) is 20.0 Å². The molecule has 118 valence electrons. The lowest BCUT2D eigenvalue weighted by atomic mass is 9.89. The number of aliphatic hydroxyl groups is 1. The molecule has 0 bridgehead atoms. The third kappa shape index (κ3) is 3.77. The highest BCUT2D eigenvalue weighted by molar-refractivity contribution is 5.42. The topological polar surface area (TPSA) is 51.6 Å². The maximum Gasteiger partial charge on any atom is 0.219 e. The van der Waals surface area contributed by atoms with Crippen LogP contribution in [0.5, 0.6) is 17.4 Å². The summed E-state index contributed by atoms with van der Waals surface area (Å²) in [6.07, 6.45) is 1.70. The molecule has 0 saturated heterocycles. The third-order valence-electron chi connectivity index (χ3n) is 3.79. The first-order chi connectivity index (χ1) is 10.2. The zero-order valence-electron chi connectivity index (χ0n) is 13.8. The number of pyridine rings is 1. The maximum atomic E-state index is 10.2. The Morgan fingerprint density at radius 3 is 2.23 bits per heavy atom. The average molecular weight is 301 g/mol. The first-order valence-corrected chi connectivity index (χ1v) is 7.30. The quantitative estimate of drug-likeness (QED) is 0.903. The van der Waals surface area contributed by atoms with Crippen molar-refractivity contribution in [3.63, 3.8) is 0 Å². The Balaban J connectivity index is 2.28. The van der Waals surface area contributed by atoms with E-state index in [1.807, 2.05) is 57.2 Å². The summed E-state index contributed by atoms with van der Waals surface area (Å²) in [5, 5.41) is 10.2. The molecular weight excluding hydrogens is 278 g/mol. The van der Waals surface area contributed by atoms with E-state index in [1.165, 1.54) is 0 Å². The number of aryl methyl sites for hydroxylation is 1. The first kappa shape index (κ1) is 16.3. The van der Waals surface area contributed by atoms with Crippen LogP contribution in [0.4, 0.5) is 0 Å². The van der Waals surface area contributed by atoms with Crippen molar-refractivity contribution in [3.8, 4) is 17.4 Å². The van der Waals surface area contributed by atoms with Gasteiger partial charge in [0.2, 0.25) is 5.88 Å². The van der Waals surface area contributed by atoms with Gasteiger partial charge in [0.25, 0.3) is 0 Å². The SMILES string of the molecule is Cc1ccnc(Oc2ccccc2OC(C)(C)C(C)(C)O)c1. The smallest absolute Gasteiger partial charge is 0.219 e. The largest absolute Gasteiger partial charge is 0.481 e. The molecule has 0 aliphatic rings. The van der Waals surface area contributed by atoms with E-state index in [2.05, 4.69) is 4.98 Å². The van der Waals surface area contributed by atoms with Crippen molar-refractivity contribution < 1.29 is 14.6 Å². The van der Waals surface area contributed by atoms with Crippen LogP contribution in [0, 0.1) is 6.92 Å². The Hall–Kier alpha value is -2.07. The molecule has 0 fully saturated rings. The van der Waals surface area contributed by atoms with Crippen LogP contribution < -0.4 is 9.47 Å². The molecule has 0 amide bonds. The van der Waals surface area contributed by atoms with Crippen molar-refractivity contribution in [1.29, 1.82) is 0 Å². The van der Waals surface area contributed by atoms with Gasteiger partial charge in [-0.25, -0.2) is 4.98 Å². The van der Waals surface area contributed by atoms with Gasteiger partial charge in [-0.3, -0.25) is 0 Å². The maximum absolute atomic E-state index is 10.2. The van der Waals surface area contributed by atoms with Crippen LogP contribution in [0.25, 0.3) is 0 Å². The Bertz CT molecular complexity index is 645. The molecule has 1 heterocycles. The van der Waals surface area contributed by atoms with Crippen molar-refractivity contribution >= 4 is 0 Å². The highest BCUT2D eigenvalue weighted by atomic mass is 16.5. The Morgan fingerprint density at radius 2 is 1.64 bits per heavy atom. The molecular formula is C18H23NO3. The number of aromatic nitrogens is 1. The Morgan fingerprint density at radius 1 is 1.00 bits per heavy atom. The second-order valence-corrected chi connectivity index (χ2v) is 6.39. The number of hydrogen-bond acceptors (Lipinski definition) is 4. The van der Waals surface area contributed by atoms with Crippen molar-refractivity contribution in [2.75, 3.05) is 0 Å². The summed E-state index contributed by atoms with van der Waals surface area (Å²) < 4.78 is 11.8. The minimum Gasteiger partial charge on any atom is -0.481 e. The molecule has 4 nitrogen and oxygen atoms in total. The molecule has 22 heavy (non-hydrogen) atoms. The predicted octanol–water partition coefficient (Wildman–Crippen LogP) is 4.11. The van der Waals surface area contributed by atoms with Crippen LogP contribution in [-0.2, 0) is 0 Å². The molecule has 1 N–H and O–H groups in total. The predicted molar refractivity (Wildman–Crippen MR) is 86.5 cm³/mol. The van der Waals surface area contributed by atoms with Gasteiger partial charge in [0.15, 0.2) is 11.5 Å². The fraction of sp³-hybridized carbons (Fsp3) is 0.389. The van der Waals surface area contributed by atoms with Crippen molar-refractivity contribution in [2.45, 2.75) is 45.8 Å². The van der Waals surface area contributed by atoms with Gasteiger partial charge in [0, 0.05) is 12.3 Å². The highest BCUT2D eigenvalue weighted by Gasteiger charge is 2.38. The van der Waals surface area contributed by atoms with Gasteiger partial charge >= 0.3 is 0 Å². The molecule has 2 rings (SSSR count). The first-order valence-electron chi connectivity index (χ1n) is 7.30. The molecule has 1 aromatic heterocycles. The van der Waals surface area contributed by atoms with E-state index in [0.717, 1.165) is 5.56 Å². The Labute approximate surface area is 131 Å². The average Bonchev–Trinajstić information content (AvgIpc) is 2.39. The van der Waals surface area contributed by atoms with Crippen LogP contribution in [0.15, 0.2) is 42.6 Å². The molecule has 1 aromatic carbocycles. The number of nitrogens with zero attached hydrogens (tertiary/aromatic N) is 1. The summed E-state index contributed by atoms with van der Waals surface area (Å²) in [6, 6.07) is 11.1. The van der Waals surface area contributed by atoms with Crippen molar-refractivity contribution in [3.05, 3.63) is 48.2 Å². The zero-order valence-corrected chi connectivity index (χ0v) is 13.8. The van der Waals surface area contributed by atoms with Crippen molar-refractivity contribution in [1.82, 2.24) is 4.98 Å². The molecule has 2 aromatic rings. The molecule has 4 heteroatoms. The summed E-state index contributed by atoms with van der Waals surface area (Å²) in [7, 11) is 0. The molecule has 0 radical (unpaired) electrons. The summed E-state index contributed by atoms with van der Waals surface area (Å²) in [6.45, 7) is 9.11. The minimum absolute atomic E-state index is 0.511. The number of para-hydroxylation sites is 2. The summed E-state index contributed by atoms with van der Waals surface area (Å²) in [4.78, 5) is 4.19. The van der Waals surface area contributed by atoms with Gasteiger partial charge in [0.05, 0.1) is 5.60 Å². The van der Waals surface area contributed by atoms with Gasteiger partial charge in [-0.05, 0) is 58.4 Å². The fourth-order valence-electron chi connectivity index (χ4n) is 1.70. The molecule has 0 aliphatic carbocycles. The minimum atomic E-state index is -0.998. The van der Waals surface area contributed by atoms with Gasteiger partial charge in [-0.15, -0.1) is 0 Å². The normalized spacial score (nSPS) is 12.1. The number of rotatable bonds is 5. The van der Waals surface area contributed by atoms with Crippen LogP contribution in [0.1, 0.15) is 33.3 Å². The van der Waals surface area contributed by atoms with Crippen molar-refractivity contribution in [2.24, 2.45) is 0 Å².